The number of hydrogen-bond acceptors (Lipinski definition) is 0. The van der Waals surface area contributed by atoms with Crippen LogP contribution in [-0.4, -0.2) is 4.57 Å². The molecule has 0 N–H and O–H groups in total. The topological polar surface area (TPSA) is 4.93 Å². The molecule has 2 aromatic carbocycles. The zero-order chi connectivity index (χ0) is 23.8. The quantitative estimate of drug-likeness (QED) is 0.200. The molecule has 34 heavy (non-hydrogen) atoms. The maximum atomic E-state index is 2.71. The Kier molecular flexibility index (Phi) is 8.92. The van der Waals surface area contributed by atoms with Gasteiger partial charge in [0.2, 0.25) is 0 Å². The van der Waals surface area contributed by atoms with Gasteiger partial charge in [-0.05, 0) is 36.5 Å². The van der Waals surface area contributed by atoms with Gasteiger partial charge in [-0.3, -0.25) is 0 Å². The minimum Gasteiger partial charge on any atom is -0.340 e. The van der Waals surface area contributed by atoms with Gasteiger partial charge in [-0.1, -0.05) is 134 Å². The van der Waals surface area contributed by atoms with E-state index in [1.165, 1.54) is 106 Å². The number of nitrogens with zero attached hydrogens (tertiary/aromatic N) is 1. The molecule has 0 radical (unpaired) electrons. The maximum absolute atomic E-state index is 2.71. The Labute approximate surface area is 209 Å². The molecule has 1 aromatic heterocycles. The summed E-state index contributed by atoms with van der Waals surface area (Å²) in [5, 5.41) is 1.52. The average Bonchev–Trinajstić information content (AvgIpc) is 3.34. The van der Waals surface area contributed by atoms with Gasteiger partial charge >= 0.3 is 0 Å². The van der Waals surface area contributed by atoms with Crippen LogP contribution in [0.4, 0.5) is 0 Å². The van der Waals surface area contributed by atoms with E-state index in [9.17, 15) is 0 Å². The van der Waals surface area contributed by atoms with Crippen molar-refractivity contribution in [2.24, 2.45) is 0 Å². The van der Waals surface area contributed by atoms with Crippen molar-refractivity contribution in [3.8, 4) is 11.3 Å². The molecule has 1 heteroatoms. The smallest absolute Gasteiger partial charge is 0.0536 e. The van der Waals surface area contributed by atoms with Gasteiger partial charge in [0.05, 0.1) is 5.69 Å². The molecule has 0 atom stereocenters. The van der Waals surface area contributed by atoms with E-state index in [-0.39, 0.29) is 5.41 Å². The van der Waals surface area contributed by atoms with Crippen molar-refractivity contribution in [2.45, 2.75) is 123 Å². The molecule has 0 saturated heterocycles. The van der Waals surface area contributed by atoms with Crippen molar-refractivity contribution in [2.75, 3.05) is 0 Å². The summed E-state index contributed by atoms with van der Waals surface area (Å²) in [6.07, 6.45) is 18.6. The molecule has 1 aliphatic rings. The molecule has 0 amide bonds. The summed E-state index contributed by atoms with van der Waals surface area (Å²) >= 11 is 0. The summed E-state index contributed by atoms with van der Waals surface area (Å²) in [4.78, 5) is 0. The Morgan fingerprint density at radius 3 is 1.88 bits per heavy atom. The van der Waals surface area contributed by atoms with Gasteiger partial charge in [0.15, 0.2) is 0 Å². The van der Waals surface area contributed by atoms with Crippen LogP contribution in [0.15, 0.2) is 48.5 Å². The first-order valence-electron chi connectivity index (χ1n) is 14.5. The second-order valence-electron chi connectivity index (χ2n) is 10.7. The Morgan fingerprint density at radius 1 is 0.618 bits per heavy atom. The molecule has 0 saturated carbocycles. The second kappa shape index (κ2) is 12.1. The zero-order valence-corrected chi connectivity index (χ0v) is 22.2. The lowest BCUT2D eigenvalue weighted by atomic mass is 9.70. The highest BCUT2D eigenvalue weighted by molar-refractivity contribution is 5.98. The minimum absolute atomic E-state index is 0.182. The number of aromatic nitrogens is 1. The highest BCUT2D eigenvalue weighted by atomic mass is 15.0. The average molecular weight is 458 g/mol. The summed E-state index contributed by atoms with van der Waals surface area (Å²) in [6.45, 7) is 8.11. The second-order valence-corrected chi connectivity index (χ2v) is 10.7. The zero-order valence-electron chi connectivity index (χ0n) is 22.2. The van der Waals surface area contributed by atoms with Gasteiger partial charge in [0.25, 0.3) is 0 Å². The number of hydrogen-bond donors (Lipinski definition) is 0. The molecule has 1 heterocycles. The fourth-order valence-corrected chi connectivity index (χ4v) is 6.59. The van der Waals surface area contributed by atoms with Crippen LogP contribution >= 0.6 is 0 Å². The van der Waals surface area contributed by atoms with Crippen molar-refractivity contribution in [1.29, 1.82) is 0 Å². The summed E-state index contributed by atoms with van der Waals surface area (Å²) in [7, 11) is 0. The lowest BCUT2D eigenvalue weighted by molar-refractivity contribution is 0.403. The van der Waals surface area contributed by atoms with E-state index < -0.39 is 0 Å². The fraction of sp³-hybridized carbons (Fsp3) is 0.576. The standard InChI is InChI=1S/C33H47N/c1-4-7-10-17-24-33(25-18-11-8-5-2)29-22-15-13-20-27(29)32-31(33)28-21-14-16-23-30(28)34(32)26-19-12-9-6-3/h13-16,20-23H,4-12,17-19,24-26H2,1-3H3. The van der Waals surface area contributed by atoms with Crippen LogP contribution in [0.3, 0.4) is 0 Å². The Morgan fingerprint density at radius 2 is 1.21 bits per heavy atom. The molecule has 0 unspecified atom stereocenters. The summed E-state index contributed by atoms with van der Waals surface area (Å²) in [5.74, 6) is 0. The third-order valence-electron chi connectivity index (χ3n) is 8.30. The van der Waals surface area contributed by atoms with Gasteiger partial charge in [-0.2, -0.15) is 0 Å². The minimum atomic E-state index is 0.182. The van der Waals surface area contributed by atoms with Crippen LogP contribution in [0.1, 0.15) is 122 Å². The van der Waals surface area contributed by atoms with E-state index in [0.29, 0.717) is 0 Å². The van der Waals surface area contributed by atoms with Crippen LogP contribution in [0.5, 0.6) is 0 Å². The highest BCUT2D eigenvalue weighted by Crippen LogP contribution is 2.57. The number of rotatable bonds is 15. The van der Waals surface area contributed by atoms with E-state index in [1.807, 2.05) is 0 Å². The van der Waals surface area contributed by atoms with Crippen molar-refractivity contribution in [1.82, 2.24) is 4.57 Å². The third-order valence-corrected chi connectivity index (χ3v) is 8.30. The van der Waals surface area contributed by atoms with Crippen molar-refractivity contribution >= 4 is 10.9 Å². The number of para-hydroxylation sites is 1. The number of fused-ring (bicyclic) bond motifs is 5. The predicted octanol–water partition coefficient (Wildman–Crippen LogP) is 10.4. The molecule has 1 nitrogen and oxygen atoms in total. The highest BCUT2D eigenvalue weighted by Gasteiger charge is 2.45. The largest absolute Gasteiger partial charge is 0.340 e. The Balaban J connectivity index is 1.83. The van der Waals surface area contributed by atoms with Crippen LogP contribution in [0, 0.1) is 0 Å². The van der Waals surface area contributed by atoms with Gasteiger partial charge in [0, 0.05) is 28.4 Å². The summed E-state index contributed by atoms with van der Waals surface area (Å²) < 4.78 is 2.71. The van der Waals surface area contributed by atoms with E-state index in [0.717, 1.165) is 6.54 Å². The molecule has 0 spiro atoms. The van der Waals surface area contributed by atoms with Gasteiger partial charge in [-0.15, -0.1) is 0 Å². The first-order chi connectivity index (χ1) is 16.8. The molecule has 3 aromatic rings. The monoisotopic (exact) mass is 457 g/mol. The van der Waals surface area contributed by atoms with E-state index in [2.05, 4.69) is 73.9 Å². The first kappa shape index (κ1) is 25.1. The molecule has 0 bridgehead atoms. The molecular formula is C33H47N. The van der Waals surface area contributed by atoms with E-state index in [1.54, 1.807) is 16.8 Å². The Hall–Kier alpha value is -2.02. The SMILES string of the molecule is CCCCCCn1c2c(c3ccccc31)C(CCCCCC)(CCCCCC)c1ccccc1-2. The molecular weight excluding hydrogens is 410 g/mol. The fourth-order valence-electron chi connectivity index (χ4n) is 6.59. The number of aryl methyl sites for hydroxylation is 1. The summed E-state index contributed by atoms with van der Waals surface area (Å²) in [5.41, 5.74) is 8.02. The lowest BCUT2D eigenvalue weighted by Gasteiger charge is -2.32. The molecule has 0 aliphatic heterocycles. The van der Waals surface area contributed by atoms with Crippen LogP contribution < -0.4 is 0 Å². The molecule has 0 fully saturated rings. The molecule has 4 rings (SSSR count). The molecule has 184 valence electrons. The predicted molar refractivity (Wildman–Crippen MR) is 150 cm³/mol. The Bertz CT molecular complexity index is 1030. The van der Waals surface area contributed by atoms with Crippen LogP contribution in [-0.2, 0) is 12.0 Å². The first-order valence-corrected chi connectivity index (χ1v) is 14.5. The van der Waals surface area contributed by atoms with Crippen molar-refractivity contribution in [3.63, 3.8) is 0 Å². The van der Waals surface area contributed by atoms with Gasteiger partial charge < -0.3 is 4.57 Å². The normalized spacial score (nSPS) is 14.0. The third kappa shape index (κ3) is 4.86. The van der Waals surface area contributed by atoms with E-state index >= 15 is 0 Å². The lowest BCUT2D eigenvalue weighted by Crippen LogP contribution is -2.25. The summed E-state index contributed by atoms with van der Waals surface area (Å²) in [6, 6.07) is 18.8. The van der Waals surface area contributed by atoms with Crippen LogP contribution in [0.25, 0.3) is 22.2 Å². The van der Waals surface area contributed by atoms with Gasteiger partial charge in [0.1, 0.15) is 0 Å². The number of benzene rings is 2. The van der Waals surface area contributed by atoms with Crippen LogP contribution in [0.2, 0.25) is 0 Å². The van der Waals surface area contributed by atoms with Crippen molar-refractivity contribution < 1.29 is 0 Å². The number of unbranched alkanes of at least 4 members (excludes halogenated alkanes) is 9. The van der Waals surface area contributed by atoms with E-state index in [4.69, 9.17) is 0 Å². The van der Waals surface area contributed by atoms with Crippen molar-refractivity contribution in [3.05, 3.63) is 59.7 Å². The van der Waals surface area contributed by atoms with Gasteiger partial charge in [-0.25, -0.2) is 0 Å². The molecule has 1 aliphatic carbocycles. The maximum Gasteiger partial charge on any atom is 0.0536 e.